The Kier molecular flexibility index (Phi) is 8.26. The van der Waals surface area contributed by atoms with Gasteiger partial charge in [-0.2, -0.15) is 5.10 Å². The number of halogens is 2. The van der Waals surface area contributed by atoms with Gasteiger partial charge in [-0.1, -0.05) is 54.0 Å². The molecule has 0 amide bonds. The number of aromatic nitrogens is 2. The molecule has 1 aromatic rings. The molecule has 0 aliphatic heterocycles. The van der Waals surface area contributed by atoms with Crippen molar-refractivity contribution >= 4 is 34.2 Å². The molecule has 1 N–H and O–H groups in total. The number of hydrogen-bond donors (Lipinski definition) is 1. The molecule has 0 unspecified atom stereocenters. The van der Waals surface area contributed by atoms with Gasteiger partial charge >= 0.3 is 0 Å². The molecule has 0 fully saturated rings. The van der Waals surface area contributed by atoms with Crippen molar-refractivity contribution in [3.8, 4) is 0 Å². The fourth-order valence-corrected chi connectivity index (χ4v) is 2.82. The Morgan fingerprint density at radius 2 is 2.00 bits per heavy atom. The van der Waals surface area contributed by atoms with Crippen LogP contribution in [0.15, 0.2) is 0 Å². The molecular formula is C13H23ClIN3. The number of hydrogen-bond acceptors (Lipinski definition) is 2. The molecule has 0 spiro atoms. The smallest absolute Gasteiger partial charge is 0.0863 e. The normalized spacial score (nSPS) is 11.1. The van der Waals surface area contributed by atoms with Crippen molar-refractivity contribution < 1.29 is 0 Å². The Bertz CT molecular complexity index is 352. The highest BCUT2D eigenvalue weighted by molar-refractivity contribution is 14.1. The highest BCUT2D eigenvalue weighted by atomic mass is 127. The van der Waals surface area contributed by atoms with Gasteiger partial charge in [-0.25, -0.2) is 0 Å². The highest BCUT2D eigenvalue weighted by Crippen LogP contribution is 2.20. The largest absolute Gasteiger partial charge is 0.311 e. The maximum Gasteiger partial charge on any atom is 0.0863 e. The van der Waals surface area contributed by atoms with Gasteiger partial charge in [0.15, 0.2) is 0 Å². The first-order valence-electron chi connectivity index (χ1n) is 6.67. The number of nitrogens with zero attached hydrogens (tertiary/aromatic N) is 2. The predicted octanol–water partition coefficient (Wildman–Crippen LogP) is 3.72. The fourth-order valence-electron chi connectivity index (χ4n) is 1.92. The summed E-state index contributed by atoms with van der Waals surface area (Å²) in [6.07, 6.45) is 6.14. The van der Waals surface area contributed by atoms with Crippen LogP contribution in [-0.4, -0.2) is 20.8 Å². The summed E-state index contributed by atoms with van der Waals surface area (Å²) in [5, 5.41) is 8.69. The molecule has 5 heteroatoms. The first-order chi connectivity index (χ1) is 8.70. The molecule has 3 nitrogen and oxygen atoms in total. The SMILES string of the molecule is CCc1nn(C)c(CNCCCCCCI)c1Cl. The first kappa shape index (κ1) is 16.2. The maximum atomic E-state index is 6.29. The minimum Gasteiger partial charge on any atom is -0.311 e. The van der Waals surface area contributed by atoms with Crippen LogP contribution in [0.3, 0.4) is 0 Å². The lowest BCUT2D eigenvalue weighted by molar-refractivity contribution is 0.578. The predicted molar refractivity (Wildman–Crippen MR) is 86.7 cm³/mol. The second-order valence-electron chi connectivity index (χ2n) is 4.46. The van der Waals surface area contributed by atoms with E-state index in [0.717, 1.165) is 35.9 Å². The van der Waals surface area contributed by atoms with Gasteiger partial charge in [0.25, 0.3) is 0 Å². The summed E-state index contributed by atoms with van der Waals surface area (Å²) in [6, 6.07) is 0. The second-order valence-corrected chi connectivity index (χ2v) is 5.92. The van der Waals surface area contributed by atoms with Crippen LogP contribution < -0.4 is 5.32 Å². The van der Waals surface area contributed by atoms with E-state index in [9.17, 15) is 0 Å². The van der Waals surface area contributed by atoms with E-state index in [4.69, 9.17) is 11.6 Å². The van der Waals surface area contributed by atoms with Crippen molar-refractivity contribution in [2.24, 2.45) is 7.05 Å². The zero-order chi connectivity index (χ0) is 13.4. The molecule has 18 heavy (non-hydrogen) atoms. The van der Waals surface area contributed by atoms with Gasteiger partial charge in [-0.05, 0) is 30.2 Å². The van der Waals surface area contributed by atoms with Gasteiger partial charge < -0.3 is 5.32 Å². The van der Waals surface area contributed by atoms with E-state index >= 15 is 0 Å². The Labute approximate surface area is 129 Å². The topological polar surface area (TPSA) is 29.9 Å². The molecule has 0 saturated carbocycles. The first-order valence-corrected chi connectivity index (χ1v) is 8.58. The summed E-state index contributed by atoms with van der Waals surface area (Å²) < 4.78 is 3.17. The summed E-state index contributed by atoms with van der Waals surface area (Å²) in [4.78, 5) is 0. The number of unbranched alkanes of at least 4 members (excludes halogenated alkanes) is 3. The van der Waals surface area contributed by atoms with Gasteiger partial charge in [-0.3, -0.25) is 4.68 Å². The standard InChI is InChI=1S/C13H23ClIN3/c1-3-11-13(14)12(18(2)17-11)10-16-9-7-5-4-6-8-15/h16H,3-10H2,1-2H3. The summed E-state index contributed by atoms with van der Waals surface area (Å²) in [6.45, 7) is 3.96. The van der Waals surface area contributed by atoms with E-state index in [1.165, 1.54) is 30.1 Å². The minimum atomic E-state index is 0.814. The van der Waals surface area contributed by atoms with Gasteiger partial charge in [0, 0.05) is 13.6 Å². The van der Waals surface area contributed by atoms with Crippen LogP contribution >= 0.6 is 34.2 Å². The molecular weight excluding hydrogens is 361 g/mol. The highest BCUT2D eigenvalue weighted by Gasteiger charge is 2.11. The van der Waals surface area contributed by atoms with Crippen molar-refractivity contribution in [3.63, 3.8) is 0 Å². The van der Waals surface area contributed by atoms with Crippen LogP contribution in [-0.2, 0) is 20.0 Å². The van der Waals surface area contributed by atoms with E-state index in [1.54, 1.807) is 0 Å². The van der Waals surface area contributed by atoms with Crippen LogP contribution in [0.25, 0.3) is 0 Å². The summed E-state index contributed by atoms with van der Waals surface area (Å²) in [7, 11) is 1.96. The van der Waals surface area contributed by atoms with E-state index in [2.05, 4.69) is 39.9 Å². The Morgan fingerprint density at radius 3 is 2.61 bits per heavy atom. The van der Waals surface area contributed by atoms with Gasteiger partial charge in [-0.15, -0.1) is 0 Å². The molecule has 104 valence electrons. The Morgan fingerprint density at radius 1 is 1.28 bits per heavy atom. The Hall–Kier alpha value is 0.190. The molecule has 0 aliphatic carbocycles. The summed E-state index contributed by atoms with van der Waals surface area (Å²) >= 11 is 8.72. The van der Waals surface area contributed by atoms with Crippen molar-refractivity contribution in [2.45, 2.75) is 45.6 Å². The molecule has 1 aromatic heterocycles. The molecule has 0 atom stereocenters. The van der Waals surface area contributed by atoms with Crippen LogP contribution in [0.2, 0.25) is 5.02 Å². The zero-order valence-electron chi connectivity index (χ0n) is 11.3. The number of nitrogens with one attached hydrogen (secondary N) is 1. The Balaban J connectivity index is 2.25. The number of aryl methyl sites for hydroxylation is 2. The number of rotatable bonds is 9. The average Bonchev–Trinajstić information content (AvgIpc) is 2.64. The third-order valence-electron chi connectivity index (χ3n) is 3.03. The fraction of sp³-hybridized carbons (Fsp3) is 0.769. The summed E-state index contributed by atoms with van der Waals surface area (Å²) in [5.74, 6) is 0. The lowest BCUT2D eigenvalue weighted by Gasteiger charge is -2.05. The minimum absolute atomic E-state index is 0.814. The average molecular weight is 384 g/mol. The van der Waals surface area contributed by atoms with Crippen molar-refractivity contribution in [2.75, 3.05) is 11.0 Å². The van der Waals surface area contributed by atoms with E-state index in [0.29, 0.717) is 0 Å². The maximum absolute atomic E-state index is 6.29. The molecule has 0 bridgehead atoms. The van der Waals surface area contributed by atoms with E-state index in [-0.39, 0.29) is 0 Å². The lowest BCUT2D eigenvalue weighted by Crippen LogP contribution is -2.17. The van der Waals surface area contributed by atoms with E-state index in [1.807, 2.05) is 11.7 Å². The molecule has 0 radical (unpaired) electrons. The number of alkyl halides is 1. The van der Waals surface area contributed by atoms with Crippen molar-refractivity contribution in [3.05, 3.63) is 16.4 Å². The zero-order valence-corrected chi connectivity index (χ0v) is 14.2. The van der Waals surface area contributed by atoms with Crippen LogP contribution in [0, 0.1) is 0 Å². The van der Waals surface area contributed by atoms with Crippen LogP contribution in [0.5, 0.6) is 0 Å². The molecule has 0 aromatic carbocycles. The second kappa shape index (κ2) is 9.15. The molecule has 0 aliphatic rings. The van der Waals surface area contributed by atoms with Gasteiger partial charge in [0.2, 0.25) is 0 Å². The molecule has 0 saturated heterocycles. The van der Waals surface area contributed by atoms with Crippen molar-refractivity contribution in [1.29, 1.82) is 0 Å². The monoisotopic (exact) mass is 383 g/mol. The van der Waals surface area contributed by atoms with Crippen molar-refractivity contribution in [1.82, 2.24) is 15.1 Å². The van der Waals surface area contributed by atoms with Crippen LogP contribution in [0.4, 0.5) is 0 Å². The van der Waals surface area contributed by atoms with Crippen LogP contribution in [0.1, 0.15) is 44.0 Å². The summed E-state index contributed by atoms with van der Waals surface area (Å²) in [5.41, 5.74) is 2.10. The van der Waals surface area contributed by atoms with Gasteiger partial charge in [0.1, 0.15) is 0 Å². The third kappa shape index (κ3) is 5.05. The quantitative estimate of drug-likeness (QED) is 0.400. The van der Waals surface area contributed by atoms with Gasteiger partial charge in [0.05, 0.1) is 16.4 Å². The lowest BCUT2D eigenvalue weighted by atomic mass is 10.2. The molecule has 1 rings (SSSR count). The van der Waals surface area contributed by atoms with E-state index < -0.39 is 0 Å². The third-order valence-corrected chi connectivity index (χ3v) is 4.23. The molecule has 1 heterocycles.